The van der Waals surface area contributed by atoms with Gasteiger partial charge in [0.1, 0.15) is 0 Å². The molecular weight excluding hydrogens is 242 g/mol. The summed E-state index contributed by atoms with van der Waals surface area (Å²) in [5.74, 6) is -0.381. The Morgan fingerprint density at radius 2 is 1.94 bits per heavy atom. The highest BCUT2D eigenvalue weighted by Gasteiger charge is 2.06. The van der Waals surface area contributed by atoms with Crippen molar-refractivity contribution in [3.63, 3.8) is 0 Å². The monoisotopic (exact) mass is 255 g/mol. The first-order chi connectivity index (χ1) is 8.00. The molecule has 6 heteroatoms. The fourth-order valence-electron chi connectivity index (χ4n) is 1.20. The third kappa shape index (κ3) is 4.32. The van der Waals surface area contributed by atoms with Crippen molar-refractivity contribution >= 4 is 29.1 Å². The zero-order chi connectivity index (χ0) is 12.8. The molecule has 0 aliphatic rings. The summed E-state index contributed by atoms with van der Waals surface area (Å²) in [4.78, 5) is 22.2. The Morgan fingerprint density at radius 1 is 1.29 bits per heavy atom. The summed E-state index contributed by atoms with van der Waals surface area (Å²) in [6.07, 6.45) is 0. The quantitative estimate of drug-likeness (QED) is 0.549. The average molecular weight is 256 g/mol. The Hall–Kier alpha value is -1.75. The van der Waals surface area contributed by atoms with Crippen LogP contribution in [0.2, 0.25) is 5.02 Å². The van der Waals surface area contributed by atoms with Crippen LogP contribution in [0.1, 0.15) is 17.3 Å². The SMILES string of the molecule is CC(=O)NCCNC(=O)c1ccc(Cl)c(N)c1. The molecule has 0 saturated heterocycles. The van der Waals surface area contributed by atoms with Crippen LogP contribution in [0.4, 0.5) is 5.69 Å². The number of nitrogens with two attached hydrogens (primary N) is 1. The summed E-state index contributed by atoms with van der Waals surface area (Å²) in [6, 6.07) is 4.67. The van der Waals surface area contributed by atoms with E-state index in [9.17, 15) is 9.59 Å². The number of amides is 2. The van der Waals surface area contributed by atoms with Gasteiger partial charge in [-0.3, -0.25) is 9.59 Å². The maximum absolute atomic E-state index is 11.6. The van der Waals surface area contributed by atoms with Gasteiger partial charge in [0.05, 0.1) is 10.7 Å². The second kappa shape index (κ2) is 6.10. The molecule has 2 amide bonds. The Bertz CT molecular complexity index is 435. The van der Waals surface area contributed by atoms with E-state index in [2.05, 4.69) is 10.6 Å². The fraction of sp³-hybridized carbons (Fsp3) is 0.273. The molecular formula is C11H14ClN3O2. The third-order valence-electron chi connectivity index (χ3n) is 2.04. The minimum Gasteiger partial charge on any atom is -0.398 e. The highest BCUT2D eigenvalue weighted by molar-refractivity contribution is 6.33. The normalized spacial score (nSPS) is 9.76. The predicted molar refractivity (Wildman–Crippen MR) is 66.9 cm³/mol. The second-order valence-electron chi connectivity index (χ2n) is 3.48. The minimum absolute atomic E-state index is 0.130. The van der Waals surface area contributed by atoms with Crippen LogP contribution in [0.3, 0.4) is 0 Å². The Kier molecular flexibility index (Phi) is 4.78. The van der Waals surface area contributed by atoms with Crippen LogP contribution in [0.15, 0.2) is 18.2 Å². The molecule has 17 heavy (non-hydrogen) atoms. The molecule has 92 valence electrons. The van der Waals surface area contributed by atoms with Crippen LogP contribution in [0.25, 0.3) is 0 Å². The summed E-state index contributed by atoms with van der Waals surface area (Å²) in [7, 11) is 0. The van der Waals surface area contributed by atoms with Crippen LogP contribution in [-0.2, 0) is 4.79 Å². The van der Waals surface area contributed by atoms with E-state index in [-0.39, 0.29) is 11.8 Å². The van der Waals surface area contributed by atoms with Crippen LogP contribution in [0, 0.1) is 0 Å². The van der Waals surface area contributed by atoms with Crippen molar-refractivity contribution in [2.24, 2.45) is 0 Å². The van der Waals surface area contributed by atoms with E-state index in [1.54, 1.807) is 12.1 Å². The molecule has 0 aromatic heterocycles. The van der Waals surface area contributed by atoms with Gasteiger partial charge >= 0.3 is 0 Å². The van der Waals surface area contributed by atoms with Gasteiger partial charge in [-0.1, -0.05) is 11.6 Å². The molecule has 0 aliphatic heterocycles. The van der Waals surface area contributed by atoms with Crippen molar-refractivity contribution in [3.8, 4) is 0 Å². The topological polar surface area (TPSA) is 84.2 Å². The number of halogens is 1. The third-order valence-corrected chi connectivity index (χ3v) is 2.39. The number of benzene rings is 1. The molecule has 1 aromatic carbocycles. The van der Waals surface area contributed by atoms with Gasteiger partial charge in [-0.15, -0.1) is 0 Å². The van der Waals surface area contributed by atoms with E-state index >= 15 is 0 Å². The average Bonchev–Trinajstić information content (AvgIpc) is 2.27. The smallest absolute Gasteiger partial charge is 0.251 e. The van der Waals surface area contributed by atoms with E-state index in [1.807, 2.05) is 0 Å². The maximum Gasteiger partial charge on any atom is 0.251 e. The summed E-state index contributed by atoms with van der Waals surface area (Å²) in [6.45, 7) is 2.17. The molecule has 0 saturated carbocycles. The Labute approximate surface area is 104 Å². The largest absolute Gasteiger partial charge is 0.398 e. The maximum atomic E-state index is 11.6. The lowest BCUT2D eigenvalue weighted by Crippen LogP contribution is -2.33. The number of carbonyl (C=O) groups is 2. The van der Waals surface area contributed by atoms with Crippen LogP contribution >= 0.6 is 11.6 Å². The van der Waals surface area contributed by atoms with Gasteiger partial charge in [0, 0.05) is 25.6 Å². The molecule has 0 bridgehead atoms. The van der Waals surface area contributed by atoms with Gasteiger partial charge in [-0.2, -0.15) is 0 Å². The molecule has 0 atom stereocenters. The Balaban J connectivity index is 2.47. The van der Waals surface area contributed by atoms with Crippen molar-refractivity contribution in [1.29, 1.82) is 0 Å². The molecule has 0 aliphatic carbocycles. The van der Waals surface area contributed by atoms with Crippen molar-refractivity contribution in [3.05, 3.63) is 28.8 Å². The highest BCUT2D eigenvalue weighted by atomic mass is 35.5. The van der Waals surface area contributed by atoms with Crippen LogP contribution in [0.5, 0.6) is 0 Å². The van der Waals surface area contributed by atoms with Crippen molar-refractivity contribution in [2.75, 3.05) is 18.8 Å². The number of hydrogen-bond acceptors (Lipinski definition) is 3. The molecule has 1 rings (SSSR count). The minimum atomic E-state index is -0.251. The van der Waals surface area contributed by atoms with E-state index < -0.39 is 0 Å². The first-order valence-electron chi connectivity index (χ1n) is 5.08. The summed E-state index contributed by atoms with van der Waals surface area (Å²) in [5, 5.41) is 5.64. The lowest BCUT2D eigenvalue weighted by molar-refractivity contribution is -0.118. The zero-order valence-electron chi connectivity index (χ0n) is 9.42. The zero-order valence-corrected chi connectivity index (χ0v) is 10.2. The first kappa shape index (κ1) is 13.3. The van der Waals surface area contributed by atoms with Gasteiger partial charge in [-0.25, -0.2) is 0 Å². The van der Waals surface area contributed by atoms with Gasteiger partial charge < -0.3 is 16.4 Å². The van der Waals surface area contributed by atoms with Crippen molar-refractivity contribution in [2.45, 2.75) is 6.92 Å². The van der Waals surface area contributed by atoms with E-state index in [4.69, 9.17) is 17.3 Å². The van der Waals surface area contributed by atoms with E-state index in [0.717, 1.165) is 0 Å². The number of nitrogens with one attached hydrogen (secondary N) is 2. The predicted octanol–water partition coefficient (Wildman–Crippen LogP) is 0.788. The van der Waals surface area contributed by atoms with Crippen LogP contribution in [-0.4, -0.2) is 24.9 Å². The standard InChI is InChI=1S/C11H14ClN3O2/c1-7(16)14-4-5-15-11(17)8-2-3-9(12)10(13)6-8/h2-3,6H,4-5,13H2,1H3,(H,14,16)(H,15,17). The second-order valence-corrected chi connectivity index (χ2v) is 3.88. The highest BCUT2D eigenvalue weighted by Crippen LogP contribution is 2.19. The summed E-state index contributed by atoms with van der Waals surface area (Å²) in [5.41, 5.74) is 6.39. The van der Waals surface area contributed by atoms with E-state index in [1.165, 1.54) is 13.0 Å². The molecule has 4 N–H and O–H groups in total. The van der Waals surface area contributed by atoms with Crippen LogP contribution < -0.4 is 16.4 Å². The molecule has 1 aromatic rings. The molecule has 0 heterocycles. The summed E-state index contributed by atoms with van der Waals surface area (Å²) < 4.78 is 0. The molecule has 0 spiro atoms. The molecule has 0 radical (unpaired) electrons. The Morgan fingerprint density at radius 3 is 2.53 bits per heavy atom. The van der Waals surface area contributed by atoms with Gasteiger partial charge in [0.2, 0.25) is 5.91 Å². The molecule has 5 nitrogen and oxygen atoms in total. The van der Waals surface area contributed by atoms with E-state index in [0.29, 0.717) is 29.4 Å². The number of anilines is 1. The molecule has 0 fully saturated rings. The first-order valence-corrected chi connectivity index (χ1v) is 5.46. The number of nitrogen functional groups attached to an aromatic ring is 1. The summed E-state index contributed by atoms with van der Waals surface area (Å²) >= 11 is 5.74. The number of carbonyl (C=O) groups excluding carboxylic acids is 2. The number of hydrogen-bond donors (Lipinski definition) is 3. The van der Waals surface area contributed by atoms with Gasteiger partial charge in [0.15, 0.2) is 0 Å². The fourth-order valence-corrected chi connectivity index (χ4v) is 1.32. The van der Waals surface area contributed by atoms with Gasteiger partial charge in [0.25, 0.3) is 5.91 Å². The lowest BCUT2D eigenvalue weighted by Gasteiger charge is -2.06. The molecule has 0 unspecified atom stereocenters. The van der Waals surface area contributed by atoms with Crippen molar-refractivity contribution < 1.29 is 9.59 Å². The number of rotatable bonds is 4. The van der Waals surface area contributed by atoms with Crippen molar-refractivity contribution in [1.82, 2.24) is 10.6 Å². The lowest BCUT2D eigenvalue weighted by atomic mass is 10.2. The van der Waals surface area contributed by atoms with Gasteiger partial charge in [-0.05, 0) is 18.2 Å².